The van der Waals surface area contributed by atoms with Crippen LogP contribution in [0.3, 0.4) is 0 Å². The molecule has 0 bridgehead atoms. The molecule has 1 aliphatic rings. The summed E-state index contributed by atoms with van der Waals surface area (Å²) < 4.78 is 0.861. The lowest BCUT2D eigenvalue weighted by atomic mass is 10.2. The van der Waals surface area contributed by atoms with Crippen LogP contribution in [0.15, 0.2) is 24.3 Å². The van der Waals surface area contributed by atoms with E-state index in [1.54, 1.807) is 12.1 Å². The minimum Gasteiger partial charge on any atom is -0.480 e. The van der Waals surface area contributed by atoms with Gasteiger partial charge >= 0.3 is 12.0 Å². The number of hydrogen-bond donors (Lipinski definition) is 3. The molecule has 2 atom stereocenters. The van der Waals surface area contributed by atoms with Crippen LogP contribution in [-0.4, -0.2) is 45.8 Å². The number of likely N-dealkylation sites (tertiary alicyclic amines) is 1. The number of nitrogens with one attached hydrogen (secondary N) is 1. The number of carboxylic acids is 1. The van der Waals surface area contributed by atoms with E-state index in [0.717, 1.165) is 8.47 Å². The molecule has 1 heterocycles. The lowest BCUT2D eigenvalue weighted by molar-refractivity contribution is -0.141. The van der Waals surface area contributed by atoms with Crippen LogP contribution in [0.5, 0.6) is 0 Å². The van der Waals surface area contributed by atoms with Gasteiger partial charge in [-0.05, 0) is 34.7 Å². The zero-order valence-electron chi connectivity index (χ0n) is 9.91. The Morgan fingerprint density at radius 1 is 1.37 bits per heavy atom. The predicted octanol–water partition coefficient (Wildman–Crippen LogP) is 1.34. The molecule has 2 amide bonds. The standard InChI is InChI=1S/C12H13IN2O4/c13-8-3-1-2-4-9(8)14-12(19)15-6-7(16)5-10(15)11(17)18/h1-4,7,10,16H,5-6H2,(H,14,19)(H,17,18)/t7?,10-/m0/s1. The number of urea groups is 1. The van der Waals surface area contributed by atoms with Crippen molar-refractivity contribution >= 4 is 40.3 Å². The normalized spacial score (nSPS) is 22.3. The number of carbonyl (C=O) groups is 2. The summed E-state index contributed by atoms with van der Waals surface area (Å²) in [4.78, 5) is 24.3. The average Bonchev–Trinajstić information content (AvgIpc) is 2.74. The maximum absolute atomic E-state index is 12.1. The number of carboxylic acid groups (broad SMARTS) is 1. The molecule has 102 valence electrons. The number of carbonyl (C=O) groups excluding carboxylic acids is 1. The SMILES string of the molecule is O=C(O)[C@@H]1CC(O)CN1C(=O)Nc1ccccc1I. The molecule has 0 saturated carbocycles. The van der Waals surface area contributed by atoms with Crippen LogP contribution in [0, 0.1) is 3.57 Å². The minimum absolute atomic E-state index is 0.0339. The first kappa shape index (κ1) is 14.1. The Morgan fingerprint density at radius 3 is 2.68 bits per heavy atom. The summed E-state index contributed by atoms with van der Waals surface area (Å²) in [5, 5.41) is 21.2. The highest BCUT2D eigenvalue weighted by Gasteiger charge is 2.39. The average molecular weight is 376 g/mol. The fraction of sp³-hybridized carbons (Fsp3) is 0.333. The molecule has 0 spiro atoms. The summed E-state index contributed by atoms with van der Waals surface area (Å²) in [6.45, 7) is 0.0339. The molecule has 2 rings (SSSR count). The second-order valence-electron chi connectivity index (χ2n) is 4.31. The van der Waals surface area contributed by atoms with Crippen molar-refractivity contribution in [2.75, 3.05) is 11.9 Å². The van der Waals surface area contributed by atoms with Gasteiger partial charge in [0.2, 0.25) is 0 Å². The first-order valence-electron chi connectivity index (χ1n) is 5.72. The largest absolute Gasteiger partial charge is 0.480 e. The number of halogens is 1. The molecule has 7 heteroatoms. The molecule has 3 N–H and O–H groups in total. The maximum Gasteiger partial charge on any atom is 0.326 e. The van der Waals surface area contributed by atoms with Crippen molar-refractivity contribution in [2.45, 2.75) is 18.6 Å². The van der Waals surface area contributed by atoms with E-state index in [9.17, 15) is 14.7 Å². The topological polar surface area (TPSA) is 89.9 Å². The molecule has 1 aromatic carbocycles. The molecule has 1 unspecified atom stereocenters. The van der Waals surface area contributed by atoms with Crippen molar-refractivity contribution in [3.8, 4) is 0 Å². The summed E-state index contributed by atoms with van der Waals surface area (Å²) >= 11 is 2.08. The molecule has 1 aliphatic heterocycles. The third-order valence-electron chi connectivity index (χ3n) is 2.94. The van der Waals surface area contributed by atoms with Gasteiger partial charge in [-0.3, -0.25) is 0 Å². The fourth-order valence-electron chi connectivity index (χ4n) is 2.02. The number of hydrogen-bond acceptors (Lipinski definition) is 3. The van der Waals surface area contributed by atoms with Crippen LogP contribution < -0.4 is 5.32 Å². The van der Waals surface area contributed by atoms with Crippen molar-refractivity contribution in [3.05, 3.63) is 27.8 Å². The van der Waals surface area contributed by atoms with E-state index in [1.165, 1.54) is 0 Å². The van der Waals surface area contributed by atoms with E-state index in [4.69, 9.17) is 5.11 Å². The molecule has 19 heavy (non-hydrogen) atoms. The molecule has 0 aromatic heterocycles. The Balaban J connectivity index is 2.11. The van der Waals surface area contributed by atoms with Gasteiger partial charge < -0.3 is 20.4 Å². The number of β-amino-alcohol motifs (C(OH)–C–C–N with tert-alkyl or cyclic N) is 1. The van der Waals surface area contributed by atoms with Crippen LogP contribution in [0.2, 0.25) is 0 Å². The molecular formula is C12H13IN2O4. The van der Waals surface area contributed by atoms with Crippen molar-refractivity contribution in [1.82, 2.24) is 4.90 Å². The van der Waals surface area contributed by atoms with Gasteiger partial charge in [-0.25, -0.2) is 9.59 Å². The maximum atomic E-state index is 12.1. The monoisotopic (exact) mass is 376 g/mol. The van der Waals surface area contributed by atoms with Crippen LogP contribution in [0.4, 0.5) is 10.5 Å². The molecule has 1 fully saturated rings. The first-order chi connectivity index (χ1) is 8.99. The smallest absolute Gasteiger partial charge is 0.326 e. The number of nitrogens with zero attached hydrogens (tertiary/aromatic N) is 1. The van der Waals surface area contributed by atoms with Crippen LogP contribution >= 0.6 is 22.6 Å². The van der Waals surface area contributed by atoms with Crippen LogP contribution in [0.25, 0.3) is 0 Å². The van der Waals surface area contributed by atoms with E-state index < -0.39 is 24.1 Å². The Hall–Kier alpha value is -1.35. The van der Waals surface area contributed by atoms with Crippen molar-refractivity contribution in [1.29, 1.82) is 0 Å². The van der Waals surface area contributed by atoms with E-state index >= 15 is 0 Å². The van der Waals surface area contributed by atoms with Gasteiger partial charge in [-0.1, -0.05) is 12.1 Å². The Morgan fingerprint density at radius 2 is 2.05 bits per heavy atom. The highest BCUT2D eigenvalue weighted by atomic mass is 127. The fourth-order valence-corrected chi connectivity index (χ4v) is 2.54. The minimum atomic E-state index is -1.10. The summed E-state index contributed by atoms with van der Waals surface area (Å²) in [5.74, 6) is -1.10. The number of benzene rings is 1. The van der Waals surface area contributed by atoms with Gasteiger partial charge in [0.05, 0.1) is 11.8 Å². The lowest BCUT2D eigenvalue weighted by Gasteiger charge is -2.21. The van der Waals surface area contributed by atoms with Crippen molar-refractivity contribution < 1.29 is 19.8 Å². The zero-order chi connectivity index (χ0) is 14.0. The summed E-state index contributed by atoms with van der Waals surface area (Å²) in [6.07, 6.45) is -0.726. The third-order valence-corrected chi connectivity index (χ3v) is 3.88. The van der Waals surface area contributed by atoms with Gasteiger partial charge in [-0.15, -0.1) is 0 Å². The van der Waals surface area contributed by atoms with E-state index in [1.807, 2.05) is 12.1 Å². The van der Waals surface area contributed by atoms with E-state index in [-0.39, 0.29) is 13.0 Å². The van der Waals surface area contributed by atoms with Crippen molar-refractivity contribution in [2.24, 2.45) is 0 Å². The highest BCUT2D eigenvalue weighted by molar-refractivity contribution is 14.1. The number of aliphatic carboxylic acids is 1. The Kier molecular flexibility index (Phi) is 4.25. The Labute approximate surface area is 123 Å². The summed E-state index contributed by atoms with van der Waals surface area (Å²) in [5.41, 5.74) is 0.624. The molecule has 1 aromatic rings. The third kappa shape index (κ3) is 3.16. The van der Waals surface area contributed by atoms with Gasteiger partial charge in [0, 0.05) is 16.5 Å². The number of aliphatic hydroxyl groups is 1. The second-order valence-corrected chi connectivity index (χ2v) is 5.47. The quantitative estimate of drug-likeness (QED) is 0.680. The molecule has 0 radical (unpaired) electrons. The van der Waals surface area contributed by atoms with Gasteiger partial charge in [0.25, 0.3) is 0 Å². The van der Waals surface area contributed by atoms with Crippen LogP contribution in [0.1, 0.15) is 6.42 Å². The Bertz CT molecular complexity index is 508. The number of para-hydroxylation sites is 1. The lowest BCUT2D eigenvalue weighted by Crippen LogP contribution is -2.43. The number of anilines is 1. The van der Waals surface area contributed by atoms with E-state index in [0.29, 0.717) is 5.69 Å². The molecule has 1 saturated heterocycles. The van der Waals surface area contributed by atoms with Gasteiger partial charge in [-0.2, -0.15) is 0 Å². The zero-order valence-corrected chi connectivity index (χ0v) is 12.1. The second kappa shape index (κ2) is 5.74. The number of amides is 2. The van der Waals surface area contributed by atoms with Gasteiger partial charge in [0.1, 0.15) is 6.04 Å². The van der Waals surface area contributed by atoms with Gasteiger partial charge in [0.15, 0.2) is 0 Å². The number of aliphatic hydroxyl groups excluding tert-OH is 1. The summed E-state index contributed by atoms with van der Waals surface area (Å²) in [6, 6.07) is 5.72. The van der Waals surface area contributed by atoms with E-state index in [2.05, 4.69) is 27.9 Å². The first-order valence-corrected chi connectivity index (χ1v) is 6.80. The molecule has 0 aliphatic carbocycles. The van der Waals surface area contributed by atoms with Crippen LogP contribution in [-0.2, 0) is 4.79 Å². The highest BCUT2D eigenvalue weighted by Crippen LogP contribution is 2.22. The summed E-state index contributed by atoms with van der Waals surface area (Å²) in [7, 11) is 0. The van der Waals surface area contributed by atoms with Crippen molar-refractivity contribution in [3.63, 3.8) is 0 Å². The predicted molar refractivity (Wildman–Crippen MR) is 76.9 cm³/mol. The molecule has 6 nitrogen and oxygen atoms in total. The molecular weight excluding hydrogens is 363 g/mol. The number of rotatable bonds is 2.